The topological polar surface area (TPSA) is 67.2 Å². The standard InChI is InChI=1S/C16H12ClN3O2S2/c1-9-7-13-12(8-11(9)17)18-16(24-13)20-15(23)19-14(21)5-4-10-3-2-6-22-10/h2-8H,1H3,(H2,18,19,20,21,23)/b5-4+. The van der Waals surface area contributed by atoms with E-state index < -0.39 is 0 Å². The Morgan fingerprint density at radius 3 is 3.04 bits per heavy atom. The predicted molar refractivity (Wildman–Crippen MR) is 101 cm³/mol. The van der Waals surface area contributed by atoms with E-state index in [0.717, 1.165) is 15.8 Å². The molecule has 0 unspecified atom stereocenters. The van der Waals surface area contributed by atoms with Gasteiger partial charge >= 0.3 is 0 Å². The molecule has 3 rings (SSSR count). The third-order valence-electron chi connectivity index (χ3n) is 3.07. The van der Waals surface area contributed by atoms with E-state index >= 15 is 0 Å². The SMILES string of the molecule is Cc1cc2sc(NC(=S)NC(=O)/C=C/c3ccco3)nc2cc1Cl. The number of furan rings is 1. The van der Waals surface area contributed by atoms with E-state index in [2.05, 4.69) is 15.6 Å². The van der Waals surface area contributed by atoms with Crippen molar-refractivity contribution < 1.29 is 9.21 Å². The van der Waals surface area contributed by atoms with Crippen LogP contribution in [-0.4, -0.2) is 16.0 Å². The van der Waals surface area contributed by atoms with Crippen molar-refractivity contribution in [3.8, 4) is 0 Å². The highest BCUT2D eigenvalue weighted by atomic mass is 35.5. The smallest absolute Gasteiger partial charge is 0.250 e. The number of aromatic nitrogens is 1. The summed E-state index contributed by atoms with van der Waals surface area (Å²) in [5.41, 5.74) is 1.77. The molecule has 0 fully saturated rings. The molecular weight excluding hydrogens is 366 g/mol. The Balaban J connectivity index is 1.63. The van der Waals surface area contributed by atoms with Gasteiger partial charge in [0.15, 0.2) is 10.2 Å². The number of rotatable bonds is 3. The fourth-order valence-corrected chi connectivity index (χ4v) is 3.30. The Morgan fingerprint density at radius 1 is 1.46 bits per heavy atom. The molecule has 8 heteroatoms. The number of fused-ring (bicyclic) bond motifs is 1. The van der Waals surface area contributed by atoms with Crippen molar-refractivity contribution >= 4 is 67.6 Å². The Labute approximate surface area is 152 Å². The van der Waals surface area contributed by atoms with Crippen LogP contribution in [0.25, 0.3) is 16.3 Å². The minimum Gasteiger partial charge on any atom is -0.465 e. The Morgan fingerprint density at radius 2 is 2.29 bits per heavy atom. The number of amides is 1. The quantitative estimate of drug-likeness (QED) is 0.523. The summed E-state index contributed by atoms with van der Waals surface area (Å²) in [7, 11) is 0. The zero-order valence-electron chi connectivity index (χ0n) is 12.5. The highest BCUT2D eigenvalue weighted by Gasteiger charge is 2.09. The molecule has 2 N–H and O–H groups in total. The fraction of sp³-hybridized carbons (Fsp3) is 0.0625. The zero-order valence-corrected chi connectivity index (χ0v) is 14.9. The molecule has 3 aromatic rings. The van der Waals surface area contributed by atoms with Crippen molar-refractivity contribution in [1.82, 2.24) is 10.3 Å². The molecule has 0 saturated carbocycles. The van der Waals surface area contributed by atoms with E-state index in [1.165, 1.54) is 23.7 Å². The Kier molecular flexibility index (Phi) is 4.94. The molecule has 122 valence electrons. The third kappa shape index (κ3) is 4.00. The number of thiocarbonyl (C=S) groups is 1. The number of hydrogen-bond acceptors (Lipinski definition) is 5. The molecule has 0 radical (unpaired) electrons. The molecular formula is C16H12ClN3O2S2. The van der Waals surface area contributed by atoms with Crippen LogP contribution < -0.4 is 10.6 Å². The maximum absolute atomic E-state index is 11.8. The summed E-state index contributed by atoms with van der Waals surface area (Å²) in [5, 5.41) is 6.88. The minimum absolute atomic E-state index is 0.172. The summed E-state index contributed by atoms with van der Waals surface area (Å²) >= 11 is 12.7. The number of nitrogens with zero attached hydrogens (tertiary/aromatic N) is 1. The lowest BCUT2D eigenvalue weighted by Crippen LogP contribution is -2.32. The van der Waals surface area contributed by atoms with Crippen molar-refractivity contribution in [1.29, 1.82) is 0 Å². The van der Waals surface area contributed by atoms with Gasteiger partial charge in [0.1, 0.15) is 5.76 Å². The van der Waals surface area contributed by atoms with E-state index in [0.29, 0.717) is 15.9 Å². The van der Waals surface area contributed by atoms with E-state index in [9.17, 15) is 4.79 Å². The van der Waals surface area contributed by atoms with Gasteiger partial charge in [-0.3, -0.25) is 10.1 Å². The van der Waals surface area contributed by atoms with Gasteiger partial charge in [0.25, 0.3) is 0 Å². The van der Waals surface area contributed by atoms with Gasteiger partial charge < -0.3 is 9.73 Å². The number of anilines is 1. The predicted octanol–water partition coefficient (Wildman–Crippen LogP) is 4.38. The molecule has 0 bridgehead atoms. The summed E-state index contributed by atoms with van der Waals surface area (Å²) in [5.74, 6) is 0.228. The maximum Gasteiger partial charge on any atom is 0.250 e. The van der Waals surface area contributed by atoms with E-state index in [1.807, 2.05) is 19.1 Å². The number of hydrogen-bond donors (Lipinski definition) is 2. The van der Waals surface area contributed by atoms with Crippen LogP contribution in [0.4, 0.5) is 5.13 Å². The molecule has 0 atom stereocenters. The third-order valence-corrected chi connectivity index (χ3v) is 4.61. The van der Waals surface area contributed by atoms with Crippen LogP contribution in [0.5, 0.6) is 0 Å². The number of benzene rings is 1. The average molecular weight is 378 g/mol. The molecule has 1 amide bonds. The molecule has 5 nitrogen and oxygen atoms in total. The first-order valence-electron chi connectivity index (χ1n) is 6.91. The van der Waals surface area contributed by atoms with Crippen molar-refractivity contribution in [3.05, 3.63) is 53.0 Å². The van der Waals surface area contributed by atoms with Gasteiger partial charge in [-0.25, -0.2) is 4.98 Å². The number of thiazole rings is 1. The van der Waals surface area contributed by atoms with Gasteiger partial charge in [-0.2, -0.15) is 0 Å². The first kappa shape index (κ1) is 16.6. The minimum atomic E-state index is -0.357. The van der Waals surface area contributed by atoms with E-state index in [-0.39, 0.29) is 11.0 Å². The van der Waals surface area contributed by atoms with Gasteiger partial charge in [-0.15, -0.1) is 0 Å². The van der Waals surface area contributed by atoms with E-state index in [1.54, 1.807) is 18.2 Å². The van der Waals surface area contributed by atoms with Crippen molar-refractivity contribution in [2.45, 2.75) is 6.92 Å². The molecule has 2 heterocycles. The van der Waals surface area contributed by atoms with Crippen LogP contribution in [0.3, 0.4) is 0 Å². The lowest BCUT2D eigenvalue weighted by molar-refractivity contribution is -0.115. The normalized spacial score (nSPS) is 11.1. The van der Waals surface area contributed by atoms with Crippen LogP contribution in [0, 0.1) is 6.92 Å². The highest BCUT2D eigenvalue weighted by molar-refractivity contribution is 7.80. The molecule has 24 heavy (non-hydrogen) atoms. The van der Waals surface area contributed by atoms with Crippen molar-refractivity contribution in [3.63, 3.8) is 0 Å². The highest BCUT2D eigenvalue weighted by Crippen LogP contribution is 2.30. The Bertz CT molecular complexity index is 893. The lowest BCUT2D eigenvalue weighted by Gasteiger charge is -2.04. The molecule has 0 aliphatic rings. The number of carbonyl (C=O) groups excluding carboxylic acids is 1. The summed E-state index contributed by atoms with van der Waals surface area (Å²) in [6.07, 6.45) is 4.43. The van der Waals surface area contributed by atoms with Crippen LogP contribution >= 0.6 is 35.2 Å². The van der Waals surface area contributed by atoms with Crippen LogP contribution in [0.1, 0.15) is 11.3 Å². The maximum atomic E-state index is 11.8. The number of carbonyl (C=O) groups is 1. The lowest BCUT2D eigenvalue weighted by atomic mass is 10.2. The van der Waals surface area contributed by atoms with Gasteiger partial charge in [0.05, 0.1) is 16.5 Å². The second-order valence-electron chi connectivity index (χ2n) is 4.88. The number of halogens is 1. The van der Waals surface area contributed by atoms with Crippen molar-refractivity contribution in [2.24, 2.45) is 0 Å². The number of nitrogens with one attached hydrogen (secondary N) is 2. The monoisotopic (exact) mass is 377 g/mol. The van der Waals surface area contributed by atoms with Crippen LogP contribution in [0.15, 0.2) is 41.0 Å². The molecule has 2 aromatic heterocycles. The molecule has 0 saturated heterocycles. The van der Waals surface area contributed by atoms with Gasteiger partial charge in [0, 0.05) is 11.1 Å². The van der Waals surface area contributed by atoms with Gasteiger partial charge in [-0.05, 0) is 55.0 Å². The Hall–Kier alpha value is -2.22. The van der Waals surface area contributed by atoms with Gasteiger partial charge in [0.2, 0.25) is 5.91 Å². The summed E-state index contributed by atoms with van der Waals surface area (Å²) in [6, 6.07) is 7.26. The summed E-state index contributed by atoms with van der Waals surface area (Å²) in [4.78, 5) is 16.2. The largest absolute Gasteiger partial charge is 0.465 e. The zero-order chi connectivity index (χ0) is 17.1. The van der Waals surface area contributed by atoms with Gasteiger partial charge in [-0.1, -0.05) is 22.9 Å². The van der Waals surface area contributed by atoms with Crippen molar-refractivity contribution in [2.75, 3.05) is 5.32 Å². The molecule has 0 aliphatic carbocycles. The van der Waals surface area contributed by atoms with E-state index in [4.69, 9.17) is 28.2 Å². The van der Waals surface area contributed by atoms with Crippen LogP contribution in [-0.2, 0) is 4.79 Å². The first-order valence-corrected chi connectivity index (χ1v) is 8.52. The fourth-order valence-electron chi connectivity index (χ4n) is 1.93. The molecule has 1 aromatic carbocycles. The average Bonchev–Trinajstić information content (AvgIpc) is 3.15. The summed E-state index contributed by atoms with van der Waals surface area (Å²) < 4.78 is 6.09. The van der Waals surface area contributed by atoms with Crippen LogP contribution in [0.2, 0.25) is 5.02 Å². The first-order chi connectivity index (χ1) is 11.5. The number of aryl methyl sites for hydroxylation is 1. The second-order valence-corrected chi connectivity index (χ2v) is 6.73. The second kappa shape index (κ2) is 7.12. The summed E-state index contributed by atoms with van der Waals surface area (Å²) in [6.45, 7) is 1.94. The molecule has 0 spiro atoms. The molecule has 0 aliphatic heterocycles.